The third-order valence-electron chi connectivity index (χ3n) is 2.01. The second-order valence-corrected chi connectivity index (χ2v) is 3.31. The fourth-order valence-electron chi connectivity index (χ4n) is 0.961. The SMILES string of the molecule is C=C/C=C\C(=C)C(C)CCC(C)=O. The van der Waals surface area contributed by atoms with Crippen LogP contribution >= 0.6 is 0 Å². The fourth-order valence-corrected chi connectivity index (χ4v) is 0.961. The van der Waals surface area contributed by atoms with Crippen LogP contribution in [-0.2, 0) is 4.79 Å². The van der Waals surface area contributed by atoms with Crippen LogP contribution in [0.5, 0.6) is 0 Å². The smallest absolute Gasteiger partial charge is 0.129 e. The summed E-state index contributed by atoms with van der Waals surface area (Å²) in [6.07, 6.45) is 7.06. The maximum atomic E-state index is 10.7. The topological polar surface area (TPSA) is 17.1 Å². The Kier molecular flexibility index (Phi) is 5.86. The molecule has 0 heterocycles. The van der Waals surface area contributed by atoms with Crippen LogP contribution in [0.1, 0.15) is 26.7 Å². The summed E-state index contributed by atoms with van der Waals surface area (Å²) in [5, 5.41) is 0. The quantitative estimate of drug-likeness (QED) is 0.570. The molecule has 0 aromatic rings. The number of hydrogen-bond acceptors (Lipinski definition) is 1. The summed E-state index contributed by atoms with van der Waals surface area (Å²) in [4.78, 5) is 10.7. The fraction of sp³-hybridized carbons (Fsp3) is 0.417. The van der Waals surface area contributed by atoms with E-state index in [1.54, 1.807) is 13.0 Å². The van der Waals surface area contributed by atoms with E-state index < -0.39 is 0 Å². The minimum atomic E-state index is 0.243. The molecular weight excluding hydrogens is 160 g/mol. The Morgan fingerprint density at radius 2 is 2.15 bits per heavy atom. The molecule has 0 aromatic carbocycles. The zero-order valence-corrected chi connectivity index (χ0v) is 8.55. The first-order valence-corrected chi connectivity index (χ1v) is 4.55. The number of carbonyl (C=O) groups is 1. The van der Waals surface area contributed by atoms with Crippen molar-refractivity contribution >= 4 is 5.78 Å². The van der Waals surface area contributed by atoms with E-state index in [1.165, 1.54) is 0 Å². The summed E-state index contributed by atoms with van der Waals surface area (Å²) in [5.74, 6) is 0.618. The van der Waals surface area contributed by atoms with E-state index in [2.05, 4.69) is 20.1 Å². The normalized spacial score (nSPS) is 12.8. The van der Waals surface area contributed by atoms with Gasteiger partial charge in [-0.2, -0.15) is 0 Å². The van der Waals surface area contributed by atoms with Crippen molar-refractivity contribution < 1.29 is 4.79 Å². The van der Waals surface area contributed by atoms with Crippen molar-refractivity contribution in [2.45, 2.75) is 26.7 Å². The molecule has 1 atom stereocenters. The summed E-state index contributed by atoms with van der Waals surface area (Å²) in [6.45, 7) is 11.2. The van der Waals surface area contributed by atoms with E-state index in [0.717, 1.165) is 12.0 Å². The zero-order valence-electron chi connectivity index (χ0n) is 8.55. The monoisotopic (exact) mass is 178 g/mol. The number of hydrogen-bond donors (Lipinski definition) is 0. The summed E-state index contributed by atoms with van der Waals surface area (Å²) in [5.41, 5.74) is 1.06. The van der Waals surface area contributed by atoms with Crippen LogP contribution in [0.3, 0.4) is 0 Å². The lowest BCUT2D eigenvalue weighted by Gasteiger charge is -2.09. The van der Waals surface area contributed by atoms with Gasteiger partial charge in [-0.25, -0.2) is 0 Å². The van der Waals surface area contributed by atoms with Gasteiger partial charge < -0.3 is 4.79 Å². The predicted molar refractivity (Wildman–Crippen MR) is 57.6 cm³/mol. The van der Waals surface area contributed by atoms with Gasteiger partial charge in [0.1, 0.15) is 5.78 Å². The van der Waals surface area contributed by atoms with E-state index in [0.29, 0.717) is 12.3 Å². The first-order valence-electron chi connectivity index (χ1n) is 4.55. The number of rotatable bonds is 6. The predicted octanol–water partition coefficient (Wildman–Crippen LogP) is 3.29. The molecule has 1 unspecified atom stereocenters. The van der Waals surface area contributed by atoms with Crippen molar-refractivity contribution in [3.63, 3.8) is 0 Å². The molecule has 0 aliphatic rings. The van der Waals surface area contributed by atoms with Crippen molar-refractivity contribution in [3.05, 3.63) is 37.0 Å². The van der Waals surface area contributed by atoms with E-state index in [1.807, 2.05) is 12.2 Å². The summed E-state index contributed by atoms with van der Waals surface area (Å²) in [7, 11) is 0. The third kappa shape index (κ3) is 6.09. The van der Waals surface area contributed by atoms with Crippen molar-refractivity contribution in [2.24, 2.45) is 5.92 Å². The van der Waals surface area contributed by atoms with Crippen LogP contribution in [0, 0.1) is 5.92 Å². The van der Waals surface area contributed by atoms with Crippen LogP contribution in [0.4, 0.5) is 0 Å². The molecule has 0 N–H and O–H groups in total. The first kappa shape index (κ1) is 11.9. The molecule has 72 valence electrons. The Hall–Kier alpha value is -1.11. The minimum Gasteiger partial charge on any atom is -0.300 e. The lowest BCUT2D eigenvalue weighted by atomic mass is 9.96. The molecule has 0 aliphatic heterocycles. The number of ketones is 1. The molecule has 0 aliphatic carbocycles. The standard InChI is InChI=1S/C12H18O/c1-5-6-7-10(2)11(3)8-9-12(4)13/h5-7,11H,1-2,8-9H2,3-4H3/b7-6-. The van der Waals surface area contributed by atoms with E-state index in [-0.39, 0.29) is 5.78 Å². The maximum Gasteiger partial charge on any atom is 0.129 e. The molecule has 0 fully saturated rings. The molecule has 0 aromatic heterocycles. The van der Waals surface area contributed by atoms with Crippen LogP contribution in [0.25, 0.3) is 0 Å². The van der Waals surface area contributed by atoms with Gasteiger partial charge in [0.05, 0.1) is 0 Å². The third-order valence-corrected chi connectivity index (χ3v) is 2.01. The second kappa shape index (κ2) is 6.41. The van der Waals surface area contributed by atoms with Gasteiger partial charge in [-0.3, -0.25) is 0 Å². The van der Waals surface area contributed by atoms with E-state index in [4.69, 9.17) is 0 Å². The van der Waals surface area contributed by atoms with Gasteiger partial charge in [-0.15, -0.1) is 0 Å². The highest BCUT2D eigenvalue weighted by molar-refractivity contribution is 5.75. The molecule has 0 spiro atoms. The zero-order chi connectivity index (χ0) is 10.3. The van der Waals surface area contributed by atoms with Gasteiger partial charge in [0.25, 0.3) is 0 Å². The number of allylic oxidation sites excluding steroid dienone is 4. The Balaban J connectivity index is 3.89. The molecule has 1 heteroatoms. The van der Waals surface area contributed by atoms with Crippen molar-refractivity contribution in [1.82, 2.24) is 0 Å². The molecule has 0 saturated heterocycles. The Morgan fingerprint density at radius 3 is 2.62 bits per heavy atom. The van der Waals surface area contributed by atoms with Gasteiger partial charge >= 0.3 is 0 Å². The average molecular weight is 178 g/mol. The van der Waals surface area contributed by atoms with Gasteiger partial charge in [0.15, 0.2) is 0 Å². The molecule has 1 nitrogen and oxygen atoms in total. The molecular formula is C12H18O. The number of Topliss-reactive ketones (excluding diaryl/α,β-unsaturated/α-hetero) is 1. The van der Waals surface area contributed by atoms with Crippen LogP contribution < -0.4 is 0 Å². The van der Waals surface area contributed by atoms with E-state index in [9.17, 15) is 4.79 Å². The molecule has 0 radical (unpaired) electrons. The molecule has 0 rings (SSSR count). The van der Waals surface area contributed by atoms with Gasteiger partial charge in [0, 0.05) is 6.42 Å². The molecule has 13 heavy (non-hydrogen) atoms. The summed E-state index contributed by atoms with van der Waals surface area (Å²) < 4.78 is 0. The molecule has 0 bridgehead atoms. The van der Waals surface area contributed by atoms with E-state index >= 15 is 0 Å². The maximum absolute atomic E-state index is 10.7. The first-order chi connectivity index (χ1) is 6.07. The lowest BCUT2D eigenvalue weighted by Crippen LogP contribution is -1.99. The minimum absolute atomic E-state index is 0.243. The van der Waals surface area contributed by atoms with Crippen molar-refractivity contribution in [3.8, 4) is 0 Å². The van der Waals surface area contributed by atoms with Crippen LogP contribution in [0.2, 0.25) is 0 Å². The molecule has 0 saturated carbocycles. The highest BCUT2D eigenvalue weighted by Gasteiger charge is 2.04. The van der Waals surface area contributed by atoms with Crippen LogP contribution in [0.15, 0.2) is 37.0 Å². The Bertz CT molecular complexity index is 223. The highest BCUT2D eigenvalue weighted by Crippen LogP contribution is 2.15. The average Bonchev–Trinajstić information content (AvgIpc) is 2.10. The van der Waals surface area contributed by atoms with Crippen molar-refractivity contribution in [2.75, 3.05) is 0 Å². The summed E-state index contributed by atoms with van der Waals surface area (Å²) in [6, 6.07) is 0. The Morgan fingerprint density at radius 1 is 1.54 bits per heavy atom. The van der Waals surface area contributed by atoms with Gasteiger partial charge in [0.2, 0.25) is 0 Å². The lowest BCUT2D eigenvalue weighted by molar-refractivity contribution is -0.117. The van der Waals surface area contributed by atoms with Gasteiger partial charge in [-0.05, 0) is 19.3 Å². The highest BCUT2D eigenvalue weighted by atomic mass is 16.1. The largest absolute Gasteiger partial charge is 0.300 e. The molecule has 0 amide bonds. The second-order valence-electron chi connectivity index (χ2n) is 3.31. The number of carbonyl (C=O) groups excluding carboxylic acids is 1. The van der Waals surface area contributed by atoms with Crippen LogP contribution in [-0.4, -0.2) is 5.78 Å². The van der Waals surface area contributed by atoms with Crippen molar-refractivity contribution in [1.29, 1.82) is 0 Å². The Labute approximate surface area is 80.8 Å². The summed E-state index contributed by atoms with van der Waals surface area (Å²) >= 11 is 0. The van der Waals surface area contributed by atoms with Gasteiger partial charge in [-0.1, -0.05) is 43.9 Å².